The number of sulfonamides is 1. The van der Waals surface area contributed by atoms with E-state index in [2.05, 4.69) is 0 Å². The third kappa shape index (κ3) is 5.33. The van der Waals surface area contributed by atoms with Crippen LogP contribution < -0.4 is 0 Å². The number of hydrogen-bond acceptors (Lipinski definition) is 4. The highest BCUT2D eigenvalue weighted by molar-refractivity contribution is 7.89. The number of rotatable bonds is 7. The zero-order valence-corrected chi connectivity index (χ0v) is 11.3. The molecular formula is C11H23NO4S. The van der Waals surface area contributed by atoms with Crippen molar-refractivity contribution in [1.82, 2.24) is 4.31 Å². The third-order valence-corrected chi connectivity index (χ3v) is 5.04. The van der Waals surface area contributed by atoms with Crippen LogP contribution in [0.1, 0.15) is 25.7 Å². The first kappa shape index (κ1) is 14.9. The molecule has 1 saturated heterocycles. The van der Waals surface area contributed by atoms with Crippen LogP contribution in [0.4, 0.5) is 0 Å². The van der Waals surface area contributed by atoms with Gasteiger partial charge in [-0.05, 0) is 31.6 Å². The molecule has 0 saturated carbocycles. The lowest BCUT2D eigenvalue weighted by molar-refractivity contribution is 0.0620. The predicted molar refractivity (Wildman–Crippen MR) is 66.3 cm³/mol. The van der Waals surface area contributed by atoms with E-state index in [1.165, 1.54) is 4.31 Å². The molecule has 0 aliphatic carbocycles. The summed E-state index contributed by atoms with van der Waals surface area (Å²) < 4.78 is 30.5. The first-order valence-electron chi connectivity index (χ1n) is 6.19. The summed E-state index contributed by atoms with van der Waals surface area (Å²) in [5.74, 6) is 0.550. The van der Waals surface area contributed by atoms with Crippen molar-refractivity contribution in [3.63, 3.8) is 0 Å². The highest BCUT2D eigenvalue weighted by atomic mass is 32.2. The van der Waals surface area contributed by atoms with E-state index in [1.54, 1.807) is 7.05 Å². The lowest BCUT2D eigenvalue weighted by Gasteiger charge is -2.26. The van der Waals surface area contributed by atoms with Gasteiger partial charge in [0.15, 0.2) is 0 Å². The summed E-state index contributed by atoms with van der Waals surface area (Å²) in [6.07, 6.45) is 2.95. The highest BCUT2D eigenvalue weighted by Crippen LogP contribution is 2.17. The van der Waals surface area contributed by atoms with E-state index in [9.17, 15) is 8.42 Å². The Labute approximate surface area is 104 Å². The van der Waals surface area contributed by atoms with Gasteiger partial charge in [0.25, 0.3) is 0 Å². The quantitative estimate of drug-likeness (QED) is 0.679. The largest absolute Gasteiger partial charge is 0.396 e. The smallest absolute Gasteiger partial charge is 0.213 e. The Morgan fingerprint density at radius 3 is 2.53 bits per heavy atom. The van der Waals surface area contributed by atoms with Crippen molar-refractivity contribution in [2.24, 2.45) is 5.92 Å². The summed E-state index contributed by atoms with van der Waals surface area (Å²) in [6, 6.07) is 0. The Morgan fingerprint density at radius 1 is 1.29 bits per heavy atom. The molecule has 0 aromatic heterocycles. The van der Waals surface area contributed by atoms with Crippen LogP contribution in [0.3, 0.4) is 0 Å². The van der Waals surface area contributed by atoms with Crippen LogP contribution in [0.2, 0.25) is 0 Å². The maximum atomic E-state index is 11.9. The molecule has 0 bridgehead atoms. The van der Waals surface area contributed by atoms with E-state index in [0.717, 1.165) is 26.1 Å². The molecule has 0 radical (unpaired) electrons. The number of unbranched alkanes of at least 4 members (excludes halogenated alkanes) is 1. The second-order valence-corrected chi connectivity index (χ2v) is 6.78. The molecule has 0 unspecified atom stereocenters. The average Bonchev–Trinajstić information content (AvgIpc) is 2.30. The maximum absolute atomic E-state index is 11.9. The molecule has 102 valence electrons. The topological polar surface area (TPSA) is 66.8 Å². The van der Waals surface area contributed by atoms with Gasteiger partial charge in [-0.15, -0.1) is 0 Å². The van der Waals surface area contributed by atoms with E-state index >= 15 is 0 Å². The molecule has 6 heteroatoms. The first-order chi connectivity index (χ1) is 8.06. The molecule has 1 aliphatic heterocycles. The summed E-state index contributed by atoms with van der Waals surface area (Å²) in [4.78, 5) is 0. The average molecular weight is 265 g/mol. The molecule has 1 rings (SSSR count). The van der Waals surface area contributed by atoms with E-state index < -0.39 is 10.0 Å². The van der Waals surface area contributed by atoms with E-state index in [0.29, 0.717) is 25.3 Å². The van der Waals surface area contributed by atoms with Gasteiger partial charge >= 0.3 is 0 Å². The van der Waals surface area contributed by atoms with Crippen LogP contribution in [0, 0.1) is 5.92 Å². The molecule has 1 heterocycles. The first-order valence-corrected chi connectivity index (χ1v) is 7.80. The van der Waals surface area contributed by atoms with Gasteiger partial charge in [-0.2, -0.15) is 0 Å². The normalized spacial score (nSPS) is 18.8. The van der Waals surface area contributed by atoms with Crippen LogP contribution in [-0.2, 0) is 14.8 Å². The monoisotopic (exact) mass is 265 g/mol. The van der Waals surface area contributed by atoms with Crippen LogP contribution in [0.15, 0.2) is 0 Å². The molecule has 17 heavy (non-hydrogen) atoms. The van der Waals surface area contributed by atoms with E-state index in [-0.39, 0.29) is 12.4 Å². The molecule has 0 spiro atoms. The lowest BCUT2D eigenvalue weighted by atomic mass is 10.0. The molecule has 1 N–H and O–H groups in total. The Kier molecular flexibility index (Phi) is 6.40. The Bertz CT molecular complexity index is 299. The lowest BCUT2D eigenvalue weighted by Crippen LogP contribution is -2.35. The summed E-state index contributed by atoms with van der Waals surface area (Å²) in [7, 11) is -1.51. The molecule has 0 aromatic rings. The maximum Gasteiger partial charge on any atom is 0.213 e. The van der Waals surface area contributed by atoms with Gasteiger partial charge in [0.1, 0.15) is 0 Å². The van der Waals surface area contributed by atoms with Gasteiger partial charge in [0, 0.05) is 33.4 Å². The third-order valence-electron chi connectivity index (χ3n) is 3.14. The minimum Gasteiger partial charge on any atom is -0.396 e. The van der Waals surface area contributed by atoms with Crippen molar-refractivity contribution >= 4 is 10.0 Å². The van der Waals surface area contributed by atoms with Crippen molar-refractivity contribution in [1.29, 1.82) is 0 Å². The van der Waals surface area contributed by atoms with Gasteiger partial charge in [-0.25, -0.2) is 12.7 Å². The fourth-order valence-electron chi connectivity index (χ4n) is 1.96. The van der Waals surface area contributed by atoms with Crippen molar-refractivity contribution in [2.75, 3.05) is 39.2 Å². The summed E-state index contributed by atoms with van der Waals surface area (Å²) in [6.45, 7) is 2.12. The molecular weight excluding hydrogens is 242 g/mol. The molecule has 0 atom stereocenters. The number of aliphatic hydroxyl groups excluding tert-OH is 1. The second kappa shape index (κ2) is 7.31. The van der Waals surface area contributed by atoms with Crippen molar-refractivity contribution in [2.45, 2.75) is 25.7 Å². The molecule has 0 aromatic carbocycles. The number of hydrogen-bond donors (Lipinski definition) is 1. The Hall–Kier alpha value is -0.170. The van der Waals surface area contributed by atoms with Crippen molar-refractivity contribution in [3.05, 3.63) is 0 Å². The van der Waals surface area contributed by atoms with E-state index in [1.807, 2.05) is 0 Å². The summed E-state index contributed by atoms with van der Waals surface area (Å²) in [5, 5.41) is 8.64. The predicted octanol–water partition coefficient (Wildman–Crippen LogP) is 0.447. The number of nitrogens with zero attached hydrogens (tertiary/aromatic N) is 1. The molecule has 0 amide bonds. The standard InChI is InChI=1S/C11H23NO4S/c1-12(10-11-4-7-16-8-5-11)17(14,15)9-3-2-6-13/h11,13H,2-10H2,1H3. The molecule has 1 fully saturated rings. The van der Waals surface area contributed by atoms with Gasteiger partial charge in [0.05, 0.1) is 5.75 Å². The fourth-order valence-corrected chi connectivity index (χ4v) is 3.28. The fraction of sp³-hybridized carbons (Fsp3) is 1.00. The van der Waals surface area contributed by atoms with Crippen LogP contribution in [0.25, 0.3) is 0 Å². The number of ether oxygens (including phenoxy) is 1. The SMILES string of the molecule is CN(CC1CCOCC1)S(=O)(=O)CCCCO. The van der Waals surface area contributed by atoms with Gasteiger partial charge < -0.3 is 9.84 Å². The summed E-state index contributed by atoms with van der Waals surface area (Å²) >= 11 is 0. The van der Waals surface area contributed by atoms with Crippen molar-refractivity contribution < 1.29 is 18.3 Å². The van der Waals surface area contributed by atoms with E-state index in [4.69, 9.17) is 9.84 Å². The zero-order valence-electron chi connectivity index (χ0n) is 10.5. The number of aliphatic hydroxyl groups is 1. The zero-order chi connectivity index (χ0) is 12.7. The molecule has 1 aliphatic rings. The summed E-state index contributed by atoms with van der Waals surface area (Å²) in [5.41, 5.74) is 0. The van der Waals surface area contributed by atoms with Crippen molar-refractivity contribution in [3.8, 4) is 0 Å². The Morgan fingerprint density at radius 2 is 1.94 bits per heavy atom. The Balaban J connectivity index is 2.36. The minimum atomic E-state index is -3.15. The second-order valence-electron chi connectivity index (χ2n) is 4.58. The highest BCUT2D eigenvalue weighted by Gasteiger charge is 2.22. The van der Waals surface area contributed by atoms with Crippen LogP contribution in [-0.4, -0.2) is 57.0 Å². The van der Waals surface area contributed by atoms with Gasteiger partial charge in [0.2, 0.25) is 10.0 Å². The van der Waals surface area contributed by atoms with Gasteiger partial charge in [-0.3, -0.25) is 0 Å². The molecule has 5 nitrogen and oxygen atoms in total. The minimum absolute atomic E-state index is 0.0548. The van der Waals surface area contributed by atoms with Crippen LogP contribution in [0.5, 0.6) is 0 Å². The van der Waals surface area contributed by atoms with Gasteiger partial charge in [-0.1, -0.05) is 0 Å². The van der Waals surface area contributed by atoms with Crippen LogP contribution >= 0.6 is 0 Å².